The monoisotopic (exact) mass is 306 g/mol. The molecule has 0 saturated carbocycles. The molecule has 0 saturated heterocycles. The Morgan fingerprint density at radius 2 is 2.00 bits per heavy atom. The number of nitrogens with one attached hydrogen (secondary N) is 3. The molecule has 21 heavy (non-hydrogen) atoms. The average molecular weight is 307 g/mol. The molecule has 0 atom stereocenters. The van der Waals surface area contributed by atoms with Crippen LogP contribution in [0.3, 0.4) is 0 Å². The second kappa shape index (κ2) is 6.41. The Labute approximate surface area is 127 Å². The molecule has 0 aromatic heterocycles. The highest BCUT2D eigenvalue weighted by Gasteiger charge is 2.17. The van der Waals surface area contributed by atoms with E-state index in [1.165, 1.54) is 6.08 Å². The van der Waals surface area contributed by atoms with Crippen molar-refractivity contribution in [1.82, 2.24) is 5.32 Å². The lowest BCUT2D eigenvalue weighted by Gasteiger charge is -2.15. The van der Waals surface area contributed by atoms with Gasteiger partial charge in [0.2, 0.25) is 0 Å². The van der Waals surface area contributed by atoms with E-state index in [9.17, 15) is 0 Å². The molecular weight excluding hydrogens is 292 g/mol. The number of amidine groups is 1. The highest BCUT2D eigenvalue weighted by atomic mass is 35.5. The number of benzene rings is 1. The molecule has 1 aromatic carbocycles. The maximum Gasteiger partial charge on any atom is 0.155 e. The topological polar surface area (TPSA) is 90.5 Å². The largest absolute Gasteiger partial charge is 0.497 e. The first-order valence-corrected chi connectivity index (χ1v) is 6.51. The number of hydrogen-bond donors (Lipinski definition) is 3. The Balaban J connectivity index is 2.15. The summed E-state index contributed by atoms with van der Waals surface area (Å²) >= 11 is 5.81. The van der Waals surface area contributed by atoms with E-state index in [0.29, 0.717) is 18.0 Å². The average Bonchev–Trinajstić information content (AvgIpc) is 2.49. The normalized spacial score (nSPS) is 14.4. The summed E-state index contributed by atoms with van der Waals surface area (Å²) in [7, 11) is 3.17. The van der Waals surface area contributed by atoms with E-state index in [0.717, 1.165) is 5.56 Å². The third kappa shape index (κ3) is 3.41. The van der Waals surface area contributed by atoms with Crippen LogP contribution in [0.15, 0.2) is 34.4 Å². The van der Waals surface area contributed by atoms with Gasteiger partial charge in [-0.2, -0.15) is 0 Å². The first-order chi connectivity index (χ1) is 10.0. The molecule has 0 radical (unpaired) electrons. The van der Waals surface area contributed by atoms with Crippen LogP contribution in [0.4, 0.5) is 0 Å². The maximum atomic E-state index is 7.80. The van der Waals surface area contributed by atoms with Gasteiger partial charge in [-0.3, -0.25) is 10.8 Å². The lowest BCUT2D eigenvalue weighted by atomic mass is 10.1. The molecule has 1 heterocycles. The summed E-state index contributed by atoms with van der Waals surface area (Å²) in [6, 6.07) is 5.46. The molecule has 0 fully saturated rings. The fourth-order valence-corrected chi connectivity index (χ4v) is 2.01. The maximum absolute atomic E-state index is 7.80. The Morgan fingerprint density at radius 3 is 2.67 bits per heavy atom. The fraction of sp³-hybridized carbons (Fsp3) is 0.214. The summed E-state index contributed by atoms with van der Waals surface area (Å²) in [5.41, 5.74) is 0.914. The molecule has 0 spiro atoms. The van der Waals surface area contributed by atoms with E-state index in [1.54, 1.807) is 20.3 Å². The molecule has 6 nitrogen and oxygen atoms in total. The third-order valence-corrected chi connectivity index (χ3v) is 3.12. The van der Waals surface area contributed by atoms with Crippen molar-refractivity contribution in [2.45, 2.75) is 6.54 Å². The summed E-state index contributed by atoms with van der Waals surface area (Å²) in [6.07, 6.45) is 1.34. The van der Waals surface area contributed by atoms with Gasteiger partial charge in [0.1, 0.15) is 22.4 Å². The Morgan fingerprint density at radius 1 is 1.24 bits per heavy atom. The van der Waals surface area contributed by atoms with Gasteiger partial charge in [0.25, 0.3) is 0 Å². The van der Waals surface area contributed by atoms with Crippen LogP contribution in [0.1, 0.15) is 5.56 Å². The van der Waals surface area contributed by atoms with Gasteiger partial charge in [0, 0.05) is 24.3 Å². The van der Waals surface area contributed by atoms with Crippen molar-refractivity contribution in [1.29, 1.82) is 10.8 Å². The van der Waals surface area contributed by atoms with Crippen LogP contribution >= 0.6 is 11.6 Å². The number of methoxy groups -OCH3 is 2. The second-order valence-corrected chi connectivity index (χ2v) is 4.63. The van der Waals surface area contributed by atoms with Gasteiger partial charge in [-0.1, -0.05) is 11.6 Å². The van der Waals surface area contributed by atoms with Crippen molar-refractivity contribution in [3.05, 3.63) is 35.0 Å². The van der Waals surface area contributed by atoms with Crippen LogP contribution in [0.5, 0.6) is 11.5 Å². The van der Waals surface area contributed by atoms with Crippen molar-refractivity contribution in [2.24, 2.45) is 4.99 Å². The number of hydrogen-bond acceptors (Lipinski definition) is 6. The zero-order valence-electron chi connectivity index (χ0n) is 11.7. The van der Waals surface area contributed by atoms with Crippen molar-refractivity contribution in [2.75, 3.05) is 14.2 Å². The Kier molecular flexibility index (Phi) is 4.59. The molecule has 0 unspecified atom stereocenters. The number of halogens is 1. The molecule has 2 rings (SSSR count). The van der Waals surface area contributed by atoms with Gasteiger partial charge >= 0.3 is 0 Å². The molecule has 1 aliphatic rings. The number of nitrogens with zero attached hydrogens (tertiary/aromatic N) is 1. The molecule has 1 aliphatic heterocycles. The van der Waals surface area contributed by atoms with Gasteiger partial charge in [-0.05, 0) is 12.1 Å². The van der Waals surface area contributed by atoms with Crippen molar-refractivity contribution in [3.8, 4) is 11.5 Å². The molecule has 7 heteroatoms. The number of ether oxygens (including phenoxy) is 2. The summed E-state index contributed by atoms with van der Waals surface area (Å²) < 4.78 is 10.4. The van der Waals surface area contributed by atoms with Crippen molar-refractivity contribution >= 4 is 28.9 Å². The van der Waals surface area contributed by atoms with Gasteiger partial charge in [-0.15, -0.1) is 0 Å². The summed E-state index contributed by atoms with van der Waals surface area (Å²) in [4.78, 5) is 4.02. The summed E-state index contributed by atoms with van der Waals surface area (Å²) in [6.45, 7) is 0.395. The number of aliphatic imine (C=N–C) groups is 1. The van der Waals surface area contributed by atoms with Crippen LogP contribution in [0, 0.1) is 10.8 Å². The highest BCUT2D eigenvalue weighted by molar-refractivity contribution is 6.70. The zero-order chi connectivity index (χ0) is 15.4. The van der Waals surface area contributed by atoms with Gasteiger partial charge < -0.3 is 14.8 Å². The van der Waals surface area contributed by atoms with E-state index in [2.05, 4.69) is 10.3 Å². The lowest BCUT2D eigenvalue weighted by molar-refractivity contribution is 0.390. The number of rotatable bonds is 4. The molecule has 3 N–H and O–H groups in total. The molecule has 1 aromatic rings. The van der Waals surface area contributed by atoms with E-state index >= 15 is 0 Å². The van der Waals surface area contributed by atoms with Crippen LogP contribution in [0.2, 0.25) is 0 Å². The summed E-state index contributed by atoms with van der Waals surface area (Å²) in [5.74, 6) is 1.64. The highest BCUT2D eigenvalue weighted by Crippen LogP contribution is 2.24. The lowest BCUT2D eigenvalue weighted by Crippen LogP contribution is -2.36. The predicted octanol–water partition coefficient (Wildman–Crippen LogP) is 2.33. The van der Waals surface area contributed by atoms with Gasteiger partial charge in [-0.25, -0.2) is 4.99 Å². The van der Waals surface area contributed by atoms with Crippen LogP contribution < -0.4 is 14.8 Å². The van der Waals surface area contributed by atoms with E-state index in [-0.39, 0.29) is 22.4 Å². The molecule has 110 valence electrons. The minimum atomic E-state index is 0.00637. The minimum Gasteiger partial charge on any atom is -0.497 e. The van der Waals surface area contributed by atoms with E-state index in [4.69, 9.17) is 31.9 Å². The quantitative estimate of drug-likeness (QED) is 0.746. The fourth-order valence-electron chi connectivity index (χ4n) is 1.82. The SMILES string of the molecule is COc1ccc(CNC2=NC(Cl)=CC(=N)C2=N)c(OC)c1. The zero-order valence-corrected chi connectivity index (χ0v) is 12.4. The standard InChI is InChI=1S/C14H15ClN4O2/c1-20-9-4-3-8(11(5-9)21-2)7-18-14-13(17)10(16)6-12(15)19-14/h3-6,16-17H,7H2,1-2H3,(H,18,19). The van der Waals surface area contributed by atoms with Gasteiger partial charge in [0.05, 0.1) is 19.9 Å². The minimum absolute atomic E-state index is 0.00637. The van der Waals surface area contributed by atoms with Crippen molar-refractivity contribution < 1.29 is 9.47 Å². The third-order valence-electron chi connectivity index (χ3n) is 2.93. The Bertz CT molecular complexity index is 652. The second-order valence-electron chi connectivity index (χ2n) is 4.25. The molecular formula is C14H15ClN4O2. The van der Waals surface area contributed by atoms with Crippen LogP contribution in [-0.4, -0.2) is 31.5 Å². The van der Waals surface area contributed by atoms with Crippen molar-refractivity contribution in [3.63, 3.8) is 0 Å². The molecule has 0 bridgehead atoms. The number of allylic oxidation sites excluding steroid dienone is 1. The van der Waals surface area contributed by atoms with E-state index in [1.807, 2.05) is 12.1 Å². The predicted molar refractivity (Wildman–Crippen MR) is 83.2 cm³/mol. The summed E-state index contributed by atoms with van der Waals surface area (Å²) in [5, 5.41) is 18.6. The molecule has 0 amide bonds. The molecule has 0 aliphatic carbocycles. The first kappa shape index (κ1) is 15.1. The Hall–Kier alpha value is -2.34. The van der Waals surface area contributed by atoms with E-state index < -0.39 is 0 Å². The van der Waals surface area contributed by atoms with Crippen LogP contribution in [0.25, 0.3) is 0 Å². The smallest absolute Gasteiger partial charge is 0.155 e. The van der Waals surface area contributed by atoms with Crippen LogP contribution in [-0.2, 0) is 6.54 Å². The first-order valence-electron chi connectivity index (χ1n) is 6.13. The van der Waals surface area contributed by atoms with Gasteiger partial charge in [0.15, 0.2) is 5.84 Å².